The van der Waals surface area contributed by atoms with E-state index in [9.17, 15) is 4.79 Å². The van der Waals surface area contributed by atoms with E-state index in [1.54, 1.807) is 0 Å². The van der Waals surface area contributed by atoms with Gasteiger partial charge < -0.3 is 9.36 Å². The monoisotopic (exact) mass is 224 g/mol. The minimum Gasteiger partial charge on any atom is -0.330 e. The smallest absolute Gasteiger partial charge is 0.150 e. The second-order valence-corrected chi connectivity index (χ2v) is 4.88. The second kappa shape index (κ2) is 3.34. The molecule has 3 rings (SSSR count). The third kappa shape index (κ3) is 1.49. The number of hydrogen-bond donors (Lipinski definition) is 0. The Morgan fingerprint density at radius 2 is 2.20 bits per heavy atom. The molecule has 0 bridgehead atoms. The first-order chi connectivity index (χ1) is 7.29. The van der Waals surface area contributed by atoms with Crippen LogP contribution in [0.3, 0.4) is 0 Å². The van der Waals surface area contributed by atoms with E-state index in [-0.39, 0.29) is 5.92 Å². The van der Waals surface area contributed by atoms with Crippen LogP contribution in [-0.4, -0.2) is 15.8 Å². The van der Waals surface area contributed by atoms with Crippen LogP contribution in [0.2, 0.25) is 5.15 Å². The lowest BCUT2D eigenvalue weighted by molar-refractivity contribution is -0.111. The molecule has 0 radical (unpaired) electrons. The molecule has 2 heterocycles. The van der Waals surface area contributed by atoms with Crippen molar-refractivity contribution in [2.75, 3.05) is 0 Å². The van der Waals surface area contributed by atoms with Gasteiger partial charge in [0.05, 0.1) is 5.69 Å². The van der Waals surface area contributed by atoms with Crippen LogP contribution < -0.4 is 0 Å². The van der Waals surface area contributed by atoms with Gasteiger partial charge >= 0.3 is 0 Å². The Labute approximate surface area is 93.4 Å². The third-order valence-electron chi connectivity index (χ3n) is 3.37. The summed E-state index contributed by atoms with van der Waals surface area (Å²) in [5.74, 6) is 1.92. The van der Waals surface area contributed by atoms with E-state index < -0.39 is 0 Å². The number of nitrogens with zero attached hydrogens (tertiary/aromatic N) is 2. The molecule has 1 atom stereocenters. The molecule has 1 aromatic rings. The van der Waals surface area contributed by atoms with Crippen molar-refractivity contribution >= 4 is 17.9 Å². The number of imidazole rings is 1. The molecule has 0 spiro atoms. The largest absolute Gasteiger partial charge is 0.330 e. The van der Waals surface area contributed by atoms with E-state index >= 15 is 0 Å². The van der Waals surface area contributed by atoms with Crippen molar-refractivity contribution in [2.45, 2.75) is 38.1 Å². The van der Waals surface area contributed by atoms with Crippen LogP contribution in [0.25, 0.3) is 0 Å². The average molecular weight is 225 g/mol. The number of carbonyl (C=O) groups is 1. The molecule has 0 N–H and O–H groups in total. The highest BCUT2D eigenvalue weighted by atomic mass is 35.5. The van der Waals surface area contributed by atoms with Crippen LogP contribution in [0.5, 0.6) is 0 Å². The summed E-state index contributed by atoms with van der Waals surface area (Å²) >= 11 is 6.11. The first-order valence-corrected chi connectivity index (χ1v) is 5.87. The summed E-state index contributed by atoms with van der Waals surface area (Å²) in [5, 5.41) is 0.614. The zero-order chi connectivity index (χ0) is 10.4. The second-order valence-electron chi connectivity index (χ2n) is 4.52. The minimum atomic E-state index is 0.138. The average Bonchev–Trinajstić information content (AvgIpc) is 3.05. The topological polar surface area (TPSA) is 34.9 Å². The SMILES string of the molecule is O=CC1CCn2c(C3CC3)nc(Cl)c2C1. The van der Waals surface area contributed by atoms with Crippen LogP contribution in [0.1, 0.15) is 36.7 Å². The van der Waals surface area contributed by atoms with Crippen molar-refractivity contribution in [2.24, 2.45) is 5.92 Å². The normalized spacial score (nSPS) is 25.0. The number of rotatable bonds is 2. The Hall–Kier alpha value is -0.830. The molecule has 4 heteroatoms. The molecule has 1 aliphatic carbocycles. The summed E-state index contributed by atoms with van der Waals surface area (Å²) in [6, 6.07) is 0. The molecule has 0 saturated heterocycles. The van der Waals surface area contributed by atoms with Gasteiger partial charge in [-0.3, -0.25) is 0 Å². The quantitative estimate of drug-likeness (QED) is 0.722. The van der Waals surface area contributed by atoms with Crippen LogP contribution in [0.4, 0.5) is 0 Å². The lowest BCUT2D eigenvalue weighted by Crippen LogP contribution is -2.21. The fourth-order valence-electron chi connectivity index (χ4n) is 2.33. The van der Waals surface area contributed by atoms with Gasteiger partial charge in [-0.15, -0.1) is 0 Å². The van der Waals surface area contributed by atoms with Crippen molar-refractivity contribution in [1.29, 1.82) is 0 Å². The van der Waals surface area contributed by atoms with Gasteiger partial charge in [-0.1, -0.05) is 11.6 Å². The van der Waals surface area contributed by atoms with Crippen LogP contribution in [0.15, 0.2) is 0 Å². The van der Waals surface area contributed by atoms with Crippen molar-refractivity contribution in [3.8, 4) is 0 Å². The van der Waals surface area contributed by atoms with Crippen LogP contribution >= 0.6 is 11.6 Å². The van der Waals surface area contributed by atoms with Crippen molar-refractivity contribution in [1.82, 2.24) is 9.55 Å². The number of aldehydes is 1. The van der Waals surface area contributed by atoms with Gasteiger partial charge in [0.15, 0.2) is 5.15 Å². The van der Waals surface area contributed by atoms with Gasteiger partial charge in [0.2, 0.25) is 0 Å². The summed E-state index contributed by atoms with van der Waals surface area (Å²) in [5.41, 5.74) is 1.07. The molecule has 0 amide bonds. The maximum absolute atomic E-state index is 10.8. The highest BCUT2D eigenvalue weighted by Gasteiger charge is 2.33. The van der Waals surface area contributed by atoms with Crippen molar-refractivity contribution in [3.63, 3.8) is 0 Å². The van der Waals surface area contributed by atoms with Gasteiger partial charge in [0.25, 0.3) is 0 Å². The van der Waals surface area contributed by atoms with Gasteiger partial charge in [-0.2, -0.15) is 0 Å². The Morgan fingerprint density at radius 1 is 1.40 bits per heavy atom. The van der Waals surface area contributed by atoms with Crippen LogP contribution in [0, 0.1) is 5.92 Å². The molecule has 80 valence electrons. The molecule has 0 aromatic carbocycles. The predicted octanol–water partition coefficient (Wildman–Crippen LogP) is 2.18. The van der Waals surface area contributed by atoms with Crippen LogP contribution in [-0.2, 0) is 17.8 Å². The summed E-state index contributed by atoms with van der Waals surface area (Å²) in [6.45, 7) is 0.907. The highest BCUT2D eigenvalue weighted by molar-refractivity contribution is 6.30. The van der Waals surface area contributed by atoms with Gasteiger partial charge in [0.1, 0.15) is 12.1 Å². The summed E-state index contributed by atoms with van der Waals surface area (Å²) in [4.78, 5) is 15.2. The standard InChI is InChI=1S/C11H13ClN2O/c12-10-9-5-7(6-15)3-4-14(9)11(13-10)8-1-2-8/h6-8H,1-5H2. The van der Waals surface area contributed by atoms with Gasteiger partial charge in [-0.05, 0) is 19.3 Å². The first-order valence-electron chi connectivity index (χ1n) is 5.49. The molecule has 1 aromatic heterocycles. The maximum atomic E-state index is 10.8. The van der Waals surface area contributed by atoms with E-state index in [4.69, 9.17) is 11.6 Å². The Kier molecular flexibility index (Phi) is 2.09. The number of halogens is 1. The number of hydrogen-bond acceptors (Lipinski definition) is 2. The first kappa shape index (κ1) is 9.40. The number of aromatic nitrogens is 2. The van der Waals surface area contributed by atoms with Gasteiger partial charge in [-0.25, -0.2) is 4.98 Å². The summed E-state index contributed by atoms with van der Waals surface area (Å²) in [7, 11) is 0. The van der Waals surface area contributed by atoms with Crippen molar-refractivity contribution in [3.05, 3.63) is 16.7 Å². The minimum absolute atomic E-state index is 0.138. The molecule has 1 aliphatic heterocycles. The summed E-state index contributed by atoms with van der Waals surface area (Å²) in [6.07, 6.45) is 5.22. The number of fused-ring (bicyclic) bond motifs is 1. The van der Waals surface area contributed by atoms with Gasteiger partial charge in [0, 0.05) is 24.8 Å². The maximum Gasteiger partial charge on any atom is 0.150 e. The molecular weight excluding hydrogens is 212 g/mol. The van der Waals surface area contributed by atoms with E-state index in [0.29, 0.717) is 11.1 Å². The fraction of sp³-hybridized carbons (Fsp3) is 0.636. The number of carbonyl (C=O) groups excluding carboxylic acids is 1. The lowest BCUT2D eigenvalue weighted by atomic mass is 9.98. The predicted molar refractivity (Wildman–Crippen MR) is 57.1 cm³/mol. The van der Waals surface area contributed by atoms with E-state index in [0.717, 1.165) is 37.2 Å². The van der Waals surface area contributed by atoms with E-state index in [1.165, 1.54) is 12.8 Å². The molecule has 1 fully saturated rings. The molecular formula is C11H13ClN2O. The Bertz CT molecular complexity index is 409. The van der Waals surface area contributed by atoms with E-state index in [2.05, 4.69) is 9.55 Å². The highest BCUT2D eigenvalue weighted by Crippen LogP contribution is 2.42. The Morgan fingerprint density at radius 3 is 2.87 bits per heavy atom. The van der Waals surface area contributed by atoms with E-state index in [1.807, 2.05) is 0 Å². The molecule has 3 nitrogen and oxygen atoms in total. The Balaban J connectivity index is 1.99. The zero-order valence-electron chi connectivity index (χ0n) is 8.45. The van der Waals surface area contributed by atoms with Crippen molar-refractivity contribution < 1.29 is 4.79 Å². The zero-order valence-corrected chi connectivity index (χ0v) is 9.20. The molecule has 15 heavy (non-hydrogen) atoms. The molecule has 1 saturated carbocycles. The molecule has 2 aliphatic rings. The summed E-state index contributed by atoms with van der Waals surface area (Å²) < 4.78 is 2.24. The third-order valence-corrected chi connectivity index (χ3v) is 3.67. The lowest BCUT2D eigenvalue weighted by Gasteiger charge is -2.21. The molecule has 1 unspecified atom stereocenters. The fourth-order valence-corrected chi connectivity index (χ4v) is 2.60.